The molecule has 0 unspecified atom stereocenters. The molecule has 0 saturated carbocycles. The Morgan fingerprint density at radius 1 is 1.47 bits per heavy atom. The van der Waals surface area contributed by atoms with E-state index in [4.69, 9.17) is 10.5 Å². The zero-order valence-electron chi connectivity index (χ0n) is 9.21. The second kappa shape index (κ2) is 5.14. The van der Waals surface area contributed by atoms with Crippen LogP contribution in [0.2, 0.25) is 0 Å². The third-order valence-electron chi connectivity index (χ3n) is 2.08. The summed E-state index contributed by atoms with van der Waals surface area (Å²) in [6, 6.07) is 4.11. The third-order valence-corrected chi connectivity index (χ3v) is 2.87. The van der Waals surface area contributed by atoms with E-state index in [1.54, 1.807) is 0 Å². The van der Waals surface area contributed by atoms with Crippen LogP contribution in [0.25, 0.3) is 0 Å². The number of nitrogen functional groups attached to an aromatic ring is 1. The molecule has 0 saturated heterocycles. The van der Waals surface area contributed by atoms with Crippen molar-refractivity contribution in [2.24, 2.45) is 0 Å². The van der Waals surface area contributed by atoms with E-state index in [9.17, 15) is 14.5 Å². The molecular weight excluding hydrogens is 323 g/mol. The van der Waals surface area contributed by atoms with Crippen LogP contribution in [0.4, 0.5) is 16.0 Å². The summed E-state index contributed by atoms with van der Waals surface area (Å²) >= 11 is 3.02. The van der Waals surface area contributed by atoms with Gasteiger partial charge in [-0.1, -0.05) is 6.07 Å². The highest BCUT2D eigenvalue weighted by molar-refractivity contribution is 9.10. The molecule has 0 radical (unpaired) electrons. The van der Waals surface area contributed by atoms with E-state index in [1.807, 2.05) is 0 Å². The minimum atomic E-state index is -0.826. The summed E-state index contributed by atoms with van der Waals surface area (Å²) in [4.78, 5) is 17.2. The predicted molar refractivity (Wildman–Crippen MR) is 67.3 cm³/mol. The van der Waals surface area contributed by atoms with Crippen molar-refractivity contribution in [3.8, 4) is 11.6 Å². The lowest BCUT2D eigenvalue weighted by Gasteiger charge is -2.07. The van der Waals surface area contributed by atoms with Gasteiger partial charge in [0.2, 0.25) is 11.8 Å². The van der Waals surface area contributed by atoms with Crippen molar-refractivity contribution < 1.29 is 14.1 Å². The fourth-order valence-corrected chi connectivity index (χ4v) is 1.75. The van der Waals surface area contributed by atoms with Gasteiger partial charge in [-0.25, -0.2) is 4.98 Å². The van der Waals surface area contributed by atoms with Gasteiger partial charge in [0.25, 0.3) is 11.6 Å². The molecule has 0 amide bonds. The van der Waals surface area contributed by atoms with Gasteiger partial charge in [0.05, 0.1) is 11.1 Å². The van der Waals surface area contributed by atoms with Gasteiger partial charge in [-0.2, -0.15) is 9.37 Å². The van der Waals surface area contributed by atoms with Crippen LogP contribution >= 0.6 is 15.9 Å². The van der Waals surface area contributed by atoms with Gasteiger partial charge in [-0.05, 0) is 22.0 Å². The van der Waals surface area contributed by atoms with E-state index in [0.29, 0.717) is 0 Å². The molecule has 19 heavy (non-hydrogen) atoms. The maximum absolute atomic E-state index is 13.4. The zero-order valence-corrected chi connectivity index (χ0v) is 10.8. The number of rotatable bonds is 3. The number of nitrogens with two attached hydrogens (primary N) is 1. The SMILES string of the molecule is Nc1ncc(F)c(Oc2cccc([N+](=O)[O-])c2Br)n1. The largest absolute Gasteiger partial charge is 0.435 e. The molecule has 0 spiro atoms. The van der Waals surface area contributed by atoms with Crippen LogP contribution in [-0.4, -0.2) is 14.9 Å². The first-order valence-electron chi connectivity index (χ1n) is 4.88. The molecule has 0 aliphatic heterocycles. The average Bonchev–Trinajstić information content (AvgIpc) is 2.36. The van der Waals surface area contributed by atoms with E-state index in [2.05, 4.69) is 25.9 Å². The number of hydrogen-bond acceptors (Lipinski definition) is 6. The molecule has 1 heterocycles. The van der Waals surface area contributed by atoms with Gasteiger partial charge in [0.15, 0.2) is 5.75 Å². The Kier molecular flexibility index (Phi) is 3.56. The second-order valence-corrected chi connectivity index (χ2v) is 4.12. The monoisotopic (exact) mass is 328 g/mol. The summed E-state index contributed by atoms with van der Waals surface area (Å²) in [5.41, 5.74) is 5.10. The average molecular weight is 329 g/mol. The van der Waals surface area contributed by atoms with E-state index in [0.717, 1.165) is 6.20 Å². The van der Waals surface area contributed by atoms with Crippen LogP contribution < -0.4 is 10.5 Å². The number of anilines is 1. The molecule has 0 aliphatic carbocycles. The lowest BCUT2D eigenvalue weighted by atomic mass is 10.3. The van der Waals surface area contributed by atoms with Crippen molar-refractivity contribution in [2.75, 3.05) is 5.73 Å². The smallest absolute Gasteiger partial charge is 0.287 e. The number of ether oxygens (including phenoxy) is 1. The zero-order chi connectivity index (χ0) is 14.0. The summed E-state index contributed by atoms with van der Waals surface area (Å²) in [6.07, 6.45) is 0.850. The Balaban J connectivity index is 2.41. The van der Waals surface area contributed by atoms with Crippen molar-refractivity contribution in [1.29, 1.82) is 0 Å². The second-order valence-electron chi connectivity index (χ2n) is 3.33. The van der Waals surface area contributed by atoms with Crippen LogP contribution in [0, 0.1) is 15.9 Å². The van der Waals surface area contributed by atoms with E-state index >= 15 is 0 Å². The van der Waals surface area contributed by atoms with Gasteiger partial charge in [-0.15, -0.1) is 0 Å². The number of benzene rings is 1. The van der Waals surface area contributed by atoms with Crippen LogP contribution in [0.3, 0.4) is 0 Å². The fourth-order valence-electron chi connectivity index (χ4n) is 1.26. The first kappa shape index (κ1) is 13.1. The van der Waals surface area contributed by atoms with Gasteiger partial charge >= 0.3 is 0 Å². The molecule has 7 nitrogen and oxygen atoms in total. The summed E-state index contributed by atoms with van der Waals surface area (Å²) in [5, 5.41) is 10.7. The predicted octanol–water partition coefficient (Wildman–Crippen LogP) is 2.66. The number of halogens is 2. The highest BCUT2D eigenvalue weighted by atomic mass is 79.9. The van der Waals surface area contributed by atoms with Crippen molar-refractivity contribution in [3.05, 3.63) is 44.8 Å². The minimum Gasteiger partial charge on any atom is -0.435 e. The Hall–Kier alpha value is -2.29. The number of aromatic nitrogens is 2. The number of nitro benzene ring substituents is 1. The maximum Gasteiger partial charge on any atom is 0.287 e. The number of hydrogen-bond donors (Lipinski definition) is 1. The standard InChI is InChI=1S/C10H6BrFN4O3/c11-8-6(16(17)18)2-1-3-7(8)19-9-5(12)4-14-10(13)15-9/h1-4H,(H2,13,14,15). The molecular formula is C10H6BrFN4O3. The topological polar surface area (TPSA) is 104 Å². The molecule has 0 fully saturated rings. The van der Waals surface area contributed by atoms with E-state index < -0.39 is 16.6 Å². The van der Waals surface area contributed by atoms with Crippen molar-refractivity contribution in [1.82, 2.24) is 9.97 Å². The lowest BCUT2D eigenvalue weighted by molar-refractivity contribution is -0.385. The third kappa shape index (κ3) is 2.76. The molecule has 1 aromatic heterocycles. The van der Waals surface area contributed by atoms with Crippen LogP contribution in [0.5, 0.6) is 11.6 Å². The summed E-state index contributed by atoms with van der Waals surface area (Å²) in [6.45, 7) is 0. The quantitative estimate of drug-likeness (QED) is 0.686. The number of nitro groups is 1. The number of nitrogens with zero attached hydrogens (tertiary/aromatic N) is 3. The molecule has 2 rings (SSSR count). The molecule has 0 bridgehead atoms. The van der Waals surface area contributed by atoms with Gasteiger partial charge < -0.3 is 10.5 Å². The van der Waals surface area contributed by atoms with Crippen LogP contribution in [0.1, 0.15) is 0 Å². The normalized spacial score (nSPS) is 10.2. The Bertz CT molecular complexity index is 653. The van der Waals surface area contributed by atoms with E-state index in [-0.39, 0.29) is 21.9 Å². The van der Waals surface area contributed by atoms with Gasteiger partial charge in [0.1, 0.15) is 4.47 Å². The molecule has 2 N–H and O–H groups in total. The first-order valence-corrected chi connectivity index (χ1v) is 5.67. The molecule has 2 aromatic rings. The molecule has 98 valence electrons. The molecule has 0 atom stereocenters. The summed E-state index contributed by atoms with van der Waals surface area (Å²) in [5.74, 6) is -1.36. The van der Waals surface area contributed by atoms with Crippen molar-refractivity contribution in [2.45, 2.75) is 0 Å². The van der Waals surface area contributed by atoms with Crippen LogP contribution in [-0.2, 0) is 0 Å². The van der Waals surface area contributed by atoms with Crippen LogP contribution in [0.15, 0.2) is 28.9 Å². The fraction of sp³-hybridized carbons (Fsp3) is 0. The summed E-state index contributed by atoms with van der Waals surface area (Å²) < 4.78 is 18.6. The Morgan fingerprint density at radius 2 is 2.21 bits per heavy atom. The van der Waals surface area contributed by atoms with Gasteiger partial charge in [0, 0.05) is 6.07 Å². The summed E-state index contributed by atoms with van der Waals surface area (Å²) in [7, 11) is 0. The van der Waals surface area contributed by atoms with Crippen molar-refractivity contribution in [3.63, 3.8) is 0 Å². The molecule has 1 aromatic carbocycles. The highest BCUT2D eigenvalue weighted by Gasteiger charge is 2.18. The lowest BCUT2D eigenvalue weighted by Crippen LogP contribution is -2.00. The first-order chi connectivity index (χ1) is 8.99. The minimum absolute atomic E-state index is 0.0474. The van der Waals surface area contributed by atoms with Gasteiger partial charge in [-0.3, -0.25) is 10.1 Å². The molecule has 0 aliphatic rings. The molecule has 9 heteroatoms. The van der Waals surface area contributed by atoms with Crippen molar-refractivity contribution >= 4 is 27.6 Å². The van der Waals surface area contributed by atoms with E-state index in [1.165, 1.54) is 18.2 Å². The Morgan fingerprint density at radius 3 is 2.89 bits per heavy atom. The maximum atomic E-state index is 13.4. The Labute approximate surface area is 114 Å². The highest BCUT2D eigenvalue weighted by Crippen LogP contribution is 2.36.